The lowest BCUT2D eigenvalue weighted by Crippen LogP contribution is -2.21. The largest absolute Gasteiger partial charge is 0.490 e. The fraction of sp³-hybridized carbons (Fsp3) is 0.500. The Balaban J connectivity index is 2.77. The Hall–Kier alpha value is -1.06. The quantitative estimate of drug-likeness (QED) is 0.788. The number of ether oxygens (including phenoxy) is 1. The van der Waals surface area contributed by atoms with Crippen LogP contribution in [0.5, 0.6) is 5.75 Å². The van der Waals surface area contributed by atoms with Crippen molar-refractivity contribution in [3.05, 3.63) is 28.8 Å². The van der Waals surface area contributed by atoms with Gasteiger partial charge in [-0.25, -0.2) is 0 Å². The van der Waals surface area contributed by atoms with Crippen LogP contribution in [0.25, 0.3) is 0 Å². The zero-order valence-electron chi connectivity index (χ0n) is 9.45. The first-order chi connectivity index (χ1) is 7.04. The van der Waals surface area contributed by atoms with Gasteiger partial charge in [-0.1, -0.05) is 17.7 Å². The number of rotatable bonds is 4. The first kappa shape index (κ1) is 12.0. The van der Waals surface area contributed by atoms with E-state index < -0.39 is 6.10 Å². The van der Waals surface area contributed by atoms with Crippen LogP contribution < -0.4 is 4.74 Å². The molecule has 2 N–H and O–H groups in total. The average molecular weight is 210 g/mol. The smallest absolute Gasteiger partial charge is 0.125 e. The molecule has 0 heterocycles. The Morgan fingerprint density at radius 3 is 2.20 bits per heavy atom. The van der Waals surface area contributed by atoms with Crippen LogP contribution in [0.4, 0.5) is 0 Å². The molecular weight excluding hydrogens is 192 g/mol. The maximum absolute atomic E-state index is 9.18. The molecule has 0 spiro atoms. The Morgan fingerprint density at radius 2 is 1.73 bits per heavy atom. The highest BCUT2D eigenvalue weighted by molar-refractivity contribution is 5.42. The van der Waals surface area contributed by atoms with Crippen LogP contribution in [-0.4, -0.2) is 29.5 Å². The zero-order valence-corrected chi connectivity index (χ0v) is 9.45. The molecule has 0 amide bonds. The van der Waals surface area contributed by atoms with Gasteiger partial charge >= 0.3 is 0 Å². The van der Waals surface area contributed by atoms with Crippen molar-refractivity contribution in [2.24, 2.45) is 0 Å². The van der Waals surface area contributed by atoms with E-state index >= 15 is 0 Å². The summed E-state index contributed by atoms with van der Waals surface area (Å²) in [5.74, 6) is 0.799. The normalized spacial score (nSPS) is 12.6. The third-order valence-corrected chi connectivity index (χ3v) is 2.24. The van der Waals surface area contributed by atoms with Crippen molar-refractivity contribution >= 4 is 0 Å². The van der Waals surface area contributed by atoms with E-state index in [0.29, 0.717) is 0 Å². The van der Waals surface area contributed by atoms with Crippen LogP contribution in [-0.2, 0) is 0 Å². The minimum Gasteiger partial charge on any atom is -0.490 e. The van der Waals surface area contributed by atoms with E-state index in [4.69, 9.17) is 9.84 Å². The number of aliphatic hydroxyl groups excluding tert-OH is 2. The standard InChI is InChI=1S/C12H18O3/c1-8-4-9(2)12(10(3)5-8)15-7-11(14)6-13/h4-5,11,13-14H,6-7H2,1-3H3. The fourth-order valence-corrected chi connectivity index (χ4v) is 1.63. The van der Waals surface area contributed by atoms with Gasteiger partial charge in [0.15, 0.2) is 0 Å². The van der Waals surface area contributed by atoms with Gasteiger partial charge in [0.25, 0.3) is 0 Å². The maximum Gasteiger partial charge on any atom is 0.125 e. The van der Waals surface area contributed by atoms with E-state index in [0.717, 1.165) is 16.9 Å². The van der Waals surface area contributed by atoms with E-state index in [1.165, 1.54) is 5.56 Å². The summed E-state index contributed by atoms with van der Waals surface area (Å²) < 4.78 is 5.47. The Morgan fingerprint density at radius 1 is 1.20 bits per heavy atom. The molecule has 1 rings (SSSR count). The van der Waals surface area contributed by atoms with E-state index in [9.17, 15) is 5.11 Å². The van der Waals surface area contributed by atoms with E-state index in [2.05, 4.69) is 0 Å². The highest BCUT2D eigenvalue weighted by Crippen LogP contribution is 2.24. The van der Waals surface area contributed by atoms with Crippen LogP contribution in [0.1, 0.15) is 16.7 Å². The van der Waals surface area contributed by atoms with Gasteiger partial charge < -0.3 is 14.9 Å². The van der Waals surface area contributed by atoms with Gasteiger partial charge in [0.05, 0.1) is 6.61 Å². The zero-order chi connectivity index (χ0) is 11.4. The van der Waals surface area contributed by atoms with Crippen molar-refractivity contribution in [3.8, 4) is 5.75 Å². The second-order valence-electron chi connectivity index (χ2n) is 3.88. The fourth-order valence-electron chi connectivity index (χ4n) is 1.63. The first-order valence-corrected chi connectivity index (χ1v) is 5.04. The monoisotopic (exact) mass is 210 g/mol. The average Bonchev–Trinajstić information content (AvgIpc) is 2.15. The van der Waals surface area contributed by atoms with Gasteiger partial charge in [0.2, 0.25) is 0 Å². The van der Waals surface area contributed by atoms with Gasteiger partial charge in [0, 0.05) is 0 Å². The van der Waals surface area contributed by atoms with Gasteiger partial charge in [0.1, 0.15) is 18.5 Å². The highest BCUT2D eigenvalue weighted by Gasteiger charge is 2.08. The highest BCUT2D eigenvalue weighted by atomic mass is 16.5. The van der Waals surface area contributed by atoms with Crippen molar-refractivity contribution < 1.29 is 14.9 Å². The minimum atomic E-state index is -0.815. The van der Waals surface area contributed by atoms with Crippen LogP contribution in [0.15, 0.2) is 12.1 Å². The summed E-state index contributed by atoms with van der Waals surface area (Å²) in [5, 5.41) is 17.8. The number of aryl methyl sites for hydroxylation is 3. The van der Waals surface area contributed by atoms with Gasteiger partial charge in [-0.3, -0.25) is 0 Å². The van der Waals surface area contributed by atoms with Crippen molar-refractivity contribution in [1.82, 2.24) is 0 Å². The van der Waals surface area contributed by atoms with E-state index in [-0.39, 0.29) is 13.2 Å². The van der Waals surface area contributed by atoms with Crippen LogP contribution >= 0.6 is 0 Å². The number of hydrogen-bond donors (Lipinski definition) is 2. The molecule has 0 aliphatic rings. The topological polar surface area (TPSA) is 49.7 Å². The summed E-state index contributed by atoms with van der Waals surface area (Å²) in [6, 6.07) is 4.07. The lowest BCUT2D eigenvalue weighted by atomic mass is 10.1. The molecule has 1 aromatic carbocycles. The molecule has 84 valence electrons. The molecule has 15 heavy (non-hydrogen) atoms. The predicted molar refractivity (Wildman–Crippen MR) is 59.2 cm³/mol. The molecule has 3 heteroatoms. The summed E-state index contributed by atoms with van der Waals surface area (Å²) in [6.07, 6.45) is -0.815. The molecule has 0 aliphatic heterocycles. The molecule has 0 radical (unpaired) electrons. The van der Waals surface area contributed by atoms with Crippen molar-refractivity contribution in [3.63, 3.8) is 0 Å². The summed E-state index contributed by atoms with van der Waals surface area (Å²) in [7, 11) is 0. The Bertz CT molecular complexity index is 311. The third kappa shape index (κ3) is 3.22. The molecule has 0 fully saturated rings. The van der Waals surface area contributed by atoms with Gasteiger partial charge in [-0.2, -0.15) is 0 Å². The Kier molecular flexibility index (Phi) is 4.12. The Labute approximate surface area is 90.3 Å². The number of benzene rings is 1. The molecule has 1 atom stereocenters. The molecule has 3 nitrogen and oxygen atoms in total. The molecule has 0 aliphatic carbocycles. The van der Waals surface area contributed by atoms with Crippen molar-refractivity contribution in [2.45, 2.75) is 26.9 Å². The summed E-state index contributed by atoms with van der Waals surface area (Å²) in [4.78, 5) is 0. The number of aliphatic hydroxyl groups is 2. The predicted octanol–water partition coefficient (Wildman–Crippen LogP) is 1.34. The molecule has 1 unspecified atom stereocenters. The van der Waals surface area contributed by atoms with Crippen LogP contribution in [0.3, 0.4) is 0 Å². The summed E-state index contributed by atoms with van der Waals surface area (Å²) >= 11 is 0. The third-order valence-electron chi connectivity index (χ3n) is 2.24. The maximum atomic E-state index is 9.18. The van der Waals surface area contributed by atoms with Crippen molar-refractivity contribution in [1.29, 1.82) is 0 Å². The molecule has 0 saturated heterocycles. The van der Waals surface area contributed by atoms with Crippen LogP contribution in [0.2, 0.25) is 0 Å². The number of hydrogen-bond acceptors (Lipinski definition) is 3. The molecule has 0 aromatic heterocycles. The minimum absolute atomic E-state index is 0.126. The van der Waals surface area contributed by atoms with E-state index in [1.807, 2.05) is 32.9 Å². The first-order valence-electron chi connectivity index (χ1n) is 5.04. The molecule has 0 saturated carbocycles. The second-order valence-corrected chi connectivity index (χ2v) is 3.88. The van der Waals surface area contributed by atoms with Gasteiger partial charge in [-0.05, 0) is 31.9 Å². The molecule has 0 bridgehead atoms. The van der Waals surface area contributed by atoms with Gasteiger partial charge in [-0.15, -0.1) is 0 Å². The lowest BCUT2D eigenvalue weighted by Gasteiger charge is -2.14. The second kappa shape index (κ2) is 5.14. The molecule has 1 aromatic rings. The van der Waals surface area contributed by atoms with Crippen LogP contribution in [0, 0.1) is 20.8 Å². The molecular formula is C12H18O3. The SMILES string of the molecule is Cc1cc(C)c(OCC(O)CO)c(C)c1. The van der Waals surface area contributed by atoms with Crippen molar-refractivity contribution in [2.75, 3.05) is 13.2 Å². The summed E-state index contributed by atoms with van der Waals surface area (Å²) in [5.41, 5.74) is 3.30. The van der Waals surface area contributed by atoms with E-state index in [1.54, 1.807) is 0 Å². The lowest BCUT2D eigenvalue weighted by molar-refractivity contribution is 0.0532. The summed E-state index contributed by atoms with van der Waals surface area (Å²) in [6.45, 7) is 5.83.